The van der Waals surface area contributed by atoms with Gasteiger partial charge in [0.05, 0.1) is 18.0 Å². The molecule has 0 atom stereocenters. The first-order valence-corrected chi connectivity index (χ1v) is 9.72. The highest BCUT2D eigenvalue weighted by Gasteiger charge is 2.26. The number of aromatic nitrogens is 2. The van der Waals surface area contributed by atoms with Gasteiger partial charge in [-0.2, -0.15) is 4.31 Å². The maximum atomic E-state index is 12.5. The van der Waals surface area contributed by atoms with Crippen LogP contribution in [0.2, 0.25) is 0 Å². The molecule has 22 heavy (non-hydrogen) atoms. The molecule has 0 spiro atoms. The average Bonchev–Trinajstić information content (AvgIpc) is 2.90. The molecule has 1 aromatic rings. The summed E-state index contributed by atoms with van der Waals surface area (Å²) >= 11 is 0. The van der Waals surface area contributed by atoms with Crippen LogP contribution in [0.15, 0.2) is 6.20 Å². The highest BCUT2D eigenvalue weighted by molar-refractivity contribution is 7.89. The number of fused-ring (bicyclic) bond motifs is 1. The predicted octanol–water partition coefficient (Wildman–Crippen LogP) is 1.41. The van der Waals surface area contributed by atoms with Crippen LogP contribution >= 0.6 is 0 Å². The lowest BCUT2D eigenvalue weighted by molar-refractivity contribution is 0.0721. The lowest BCUT2D eigenvalue weighted by Crippen LogP contribution is -2.33. The summed E-state index contributed by atoms with van der Waals surface area (Å²) < 4.78 is 33.9. The summed E-state index contributed by atoms with van der Waals surface area (Å²) in [6.45, 7) is 2.72. The van der Waals surface area contributed by atoms with E-state index in [9.17, 15) is 8.42 Å². The summed E-state index contributed by atoms with van der Waals surface area (Å²) in [6.07, 6.45) is 7.04. The maximum Gasteiger partial charge on any atom is 0.214 e. The minimum Gasteiger partial charge on any atom is -0.381 e. The second-order valence-electron chi connectivity index (χ2n) is 6.39. The standard InChI is InChI=1S/C15H25N3O3S/c1-17(22(19,20)12-13-5-8-21-9-6-13)10-14-11-18-7-3-2-4-15(18)16-14/h11,13H,2-10,12H2,1H3. The van der Waals surface area contributed by atoms with E-state index in [2.05, 4.69) is 9.55 Å². The molecule has 0 aromatic carbocycles. The predicted molar refractivity (Wildman–Crippen MR) is 84.0 cm³/mol. The molecule has 6 nitrogen and oxygen atoms in total. The van der Waals surface area contributed by atoms with Gasteiger partial charge in [-0.3, -0.25) is 0 Å². The molecule has 0 radical (unpaired) electrons. The quantitative estimate of drug-likeness (QED) is 0.820. The molecule has 0 amide bonds. The van der Waals surface area contributed by atoms with E-state index in [1.54, 1.807) is 7.05 Å². The van der Waals surface area contributed by atoms with Gasteiger partial charge < -0.3 is 9.30 Å². The largest absolute Gasteiger partial charge is 0.381 e. The number of sulfonamides is 1. The first kappa shape index (κ1) is 16.0. The van der Waals surface area contributed by atoms with E-state index in [4.69, 9.17) is 4.74 Å². The van der Waals surface area contributed by atoms with E-state index in [0.717, 1.165) is 37.3 Å². The second kappa shape index (κ2) is 6.68. The van der Waals surface area contributed by atoms with Crippen LogP contribution in [0, 0.1) is 5.92 Å². The fourth-order valence-electron chi connectivity index (χ4n) is 3.21. The van der Waals surface area contributed by atoms with Crippen molar-refractivity contribution in [3.8, 4) is 0 Å². The van der Waals surface area contributed by atoms with Crippen LogP contribution in [0.3, 0.4) is 0 Å². The molecular formula is C15H25N3O3S. The molecule has 0 N–H and O–H groups in total. The SMILES string of the molecule is CN(Cc1cn2c(n1)CCCC2)S(=O)(=O)CC1CCOCC1. The third kappa shape index (κ3) is 3.70. The van der Waals surface area contributed by atoms with Crippen molar-refractivity contribution in [3.05, 3.63) is 17.7 Å². The summed E-state index contributed by atoms with van der Waals surface area (Å²) in [7, 11) is -1.57. The van der Waals surface area contributed by atoms with Crippen molar-refractivity contribution in [3.63, 3.8) is 0 Å². The van der Waals surface area contributed by atoms with Gasteiger partial charge >= 0.3 is 0 Å². The number of hydrogen-bond donors (Lipinski definition) is 0. The minimum absolute atomic E-state index is 0.219. The summed E-state index contributed by atoms with van der Waals surface area (Å²) in [5, 5.41) is 0. The van der Waals surface area contributed by atoms with Crippen LogP contribution in [0.4, 0.5) is 0 Å². The number of rotatable bonds is 5. The van der Waals surface area contributed by atoms with Crippen LogP contribution in [-0.4, -0.2) is 48.3 Å². The molecule has 2 aliphatic rings. The van der Waals surface area contributed by atoms with Gasteiger partial charge in [0.1, 0.15) is 5.82 Å². The second-order valence-corrected chi connectivity index (χ2v) is 8.51. The summed E-state index contributed by atoms with van der Waals surface area (Å²) in [5.41, 5.74) is 0.856. The molecule has 3 heterocycles. The Kier molecular flexibility index (Phi) is 4.84. The molecule has 124 valence electrons. The van der Waals surface area contributed by atoms with Gasteiger partial charge in [0.15, 0.2) is 0 Å². The molecule has 0 aliphatic carbocycles. The van der Waals surface area contributed by atoms with Gasteiger partial charge in [-0.05, 0) is 31.6 Å². The number of hydrogen-bond acceptors (Lipinski definition) is 4. The summed E-state index contributed by atoms with van der Waals surface area (Å²) in [4.78, 5) is 4.59. The smallest absolute Gasteiger partial charge is 0.214 e. The molecule has 7 heteroatoms. The van der Waals surface area contributed by atoms with Crippen molar-refractivity contribution in [2.24, 2.45) is 5.92 Å². The van der Waals surface area contributed by atoms with Gasteiger partial charge in [0.25, 0.3) is 0 Å². The summed E-state index contributed by atoms with van der Waals surface area (Å²) in [6, 6.07) is 0. The minimum atomic E-state index is -3.23. The van der Waals surface area contributed by atoms with Crippen molar-refractivity contribution < 1.29 is 13.2 Å². The van der Waals surface area contributed by atoms with E-state index in [0.29, 0.717) is 19.8 Å². The summed E-state index contributed by atoms with van der Waals surface area (Å²) in [5.74, 6) is 1.54. The zero-order valence-corrected chi connectivity index (χ0v) is 14.0. The Morgan fingerprint density at radius 2 is 2.14 bits per heavy atom. The zero-order chi connectivity index (χ0) is 15.6. The Labute approximate surface area is 132 Å². The van der Waals surface area contributed by atoms with E-state index >= 15 is 0 Å². The molecule has 1 saturated heterocycles. The van der Waals surface area contributed by atoms with E-state index < -0.39 is 10.0 Å². The molecule has 3 rings (SSSR count). The van der Waals surface area contributed by atoms with Crippen LogP contribution in [0.1, 0.15) is 37.2 Å². The third-order valence-electron chi connectivity index (χ3n) is 4.61. The van der Waals surface area contributed by atoms with Gasteiger partial charge in [-0.25, -0.2) is 13.4 Å². The lowest BCUT2D eigenvalue weighted by atomic mass is 10.0. The lowest BCUT2D eigenvalue weighted by Gasteiger charge is -2.24. The highest BCUT2D eigenvalue weighted by atomic mass is 32.2. The van der Waals surface area contributed by atoms with Crippen molar-refractivity contribution in [1.29, 1.82) is 0 Å². The molecule has 0 unspecified atom stereocenters. The van der Waals surface area contributed by atoms with Crippen molar-refractivity contribution in [1.82, 2.24) is 13.9 Å². The Hall–Kier alpha value is -0.920. The van der Waals surface area contributed by atoms with Crippen LogP contribution < -0.4 is 0 Å². The molecule has 2 aliphatic heterocycles. The Morgan fingerprint density at radius 1 is 1.36 bits per heavy atom. The fourth-order valence-corrected chi connectivity index (χ4v) is 4.72. The highest BCUT2D eigenvalue weighted by Crippen LogP contribution is 2.20. The van der Waals surface area contributed by atoms with Gasteiger partial charge in [-0.1, -0.05) is 0 Å². The Bertz CT molecular complexity index is 582. The van der Waals surface area contributed by atoms with E-state index in [-0.39, 0.29) is 11.7 Å². The van der Waals surface area contributed by atoms with Crippen LogP contribution in [0.5, 0.6) is 0 Å². The Balaban J connectivity index is 1.62. The van der Waals surface area contributed by atoms with Gasteiger partial charge in [0, 0.05) is 39.4 Å². The van der Waals surface area contributed by atoms with Crippen molar-refractivity contribution in [2.45, 2.75) is 45.2 Å². The maximum absolute atomic E-state index is 12.5. The first-order valence-electron chi connectivity index (χ1n) is 8.11. The number of nitrogens with zero attached hydrogens (tertiary/aromatic N) is 3. The molecule has 1 fully saturated rings. The third-order valence-corrected chi connectivity index (χ3v) is 6.58. The van der Waals surface area contributed by atoms with E-state index in [1.807, 2.05) is 6.20 Å². The van der Waals surface area contributed by atoms with Crippen LogP contribution in [0.25, 0.3) is 0 Å². The fraction of sp³-hybridized carbons (Fsp3) is 0.800. The van der Waals surface area contributed by atoms with E-state index in [1.165, 1.54) is 17.1 Å². The number of ether oxygens (including phenoxy) is 1. The number of aryl methyl sites for hydroxylation is 2. The average molecular weight is 327 g/mol. The Morgan fingerprint density at radius 3 is 2.86 bits per heavy atom. The van der Waals surface area contributed by atoms with Gasteiger partial charge in [-0.15, -0.1) is 0 Å². The normalized spacial score (nSPS) is 20.3. The first-order chi connectivity index (χ1) is 10.5. The molecule has 0 saturated carbocycles. The number of imidazole rings is 1. The molecule has 0 bridgehead atoms. The van der Waals surface area contributed by atoms with Crippen molar-refractivity contribution in [2.75, 3.05) is 26.0 Å². The molecular weight excluding hydrogens is 302 g/mol. The van der Waals surface area contributed by atoms with Gasteiger partial charge in [0.2, 0.25) is 10.0 Å². The topological polar surface area (TPSA) is 64.4 Å². The van der Waals surface area contributed by atoms with Crippen LogP contribution in [-0.2, 0) is 34.3 Å². The monoisotopic (exact) mass is 327 g/mol. The zero-order valence-electron chi connectivity index (χ0n) is 13.2. The molecule has 1 aromatic heterocycles. The van der Waals surface area contributed by atoms with Crippen molar-refractivity contribution >= 4 is 10.0 Å².